The van der Waals surface area contributed by atoms with Gasteiger partial charge in [-0.1, -0.05) is 0 Å². The Morgan fingerprint density at radius 1 is 1.73 bits per heavy atom. The van der Waals surface area contributed by atoms with Gasteiger partial charge in [-0.05, 0) is 0 Å². The van der Waals surface area contributed by atoms with Crippen molar-refractivity contribution < 1.29 is 13.6 Å². The van der Waals surface area contributed by atoms with Crippen LogP contribution in [-0.4, -0.2) is 28.8 Å². The minimum atomic E-state index is -2.76. The Morgan fingerprint density at radius 3 is 2.93 bits per heavy atom. The lowest BCUT2D eigenvalue weighted by Gasteiger charge is -2.02. The zero-order chi connectivity index (χ0) is 11.4. The molecule has 0 fully saturated rings. The minimum absolute atomic E-state index is 0.110. The molecule has 1 heterocycles. The van der Waals surface area contributed by atoms with E-state index in [9.17, 15) is 13.6 Å². The second-order valence-corrected chi connectivity index (χ2v) is 2.95. The number of nitrogens with one attached hydrogen (secondary N) is 1. The smallest absolute Gasteiger partial charge is 0.282 e. The molecule has 0 unspecified atom stereocenters. The number of rotatable bonds is 4. The molecular weight excluding hydrogens is 206 g/mol. The molecule has 1 aromatic rings. The predicted molar refractivity (Wildman–Crippen MR) is 49.6 cm³/mol. The van der Waals surface area contributed by atoms with Gasteiger partial charge in [0.25, 0.3) is 12.3 Å². The fraction of sp³-hybridized carbons (Fsp3) is 0.500. The molecule has 0 spiro atoms. The molecule has 1 rings (SSSR count). The first-order chi connectivity index (χ1) is 7.06. The molecule has 0 saturated heterocycles. The predicted octanol–water partition coefficient (Wildman–Crippen LogP) is 0.0462. The van der Waals surface area contributed by atoms with Gasteiger partial charge in [0.15, 0.2) is 0 Å². The maximum absolute atomic E-state index is 12.4. The zero-order valence-electron chi connectivity index (χ0n) is 8.20. The molecule has 84 valence electrons. The van der Waals surface area contributed by atoms with Gasteiger partial charge in [-0.15, -0.1) is 0 Å². The fourth-order valence-electron chi connectivity index (χ4n) is 1.12. The van der Waals surface area contributed by atoms with Crippen molar-refractivity contribution in [2.24, 2.45) is 12.8 Å². The second kappa shape index (κ2) is 4.83. The summed E-state index contributed by atoms with van der Waals surface area (Å²) in [6, 6.07) is 0. The van der Waals surface area contributed by atoms with Crippen LogP contribution in [0, 0.1) is 0 Å². The lowest BCUT2D eigenvalue weighted by Crippen LogP contribution is -2.29. The number of alkyl halides is 2. The van der Waals surface area contributed by atoms with E-state index < -0.39 is 18.0 Å². The largest absolute Gasteiger partial charge is 0.351 e. The number of halogens is 2. The van der Waals surface area contributed by atoms with E-state index in [1.165, 1.54) is 17.9 Å². The zero-order valence-corrected chi connectivity index (χ0v) is 8.20. The van der Waals surface area contributed by atoms with Crippen LogP contribution in [0.3, 0.4) is 0 Å². The van der Waals surface area contributed by atoms with E-state index in [1.807, 2.05) is 0 Å². The van der Waals surface area contributed by atoms with Gasteiger partial charge in [0.05, 0.1) is 5.56 Å². The highest BCUT2D eigenvalue weighted by atomic mass is 19.3. The van der Waals surface area contributed by atoms with E-state index in [2.05, 4.69) is 10.4 Å². The molecule has 0 aromatic carbocycles. The van der Waals surface area contributed by atoms with E-state index in [0.29, 0.717) is 0 Å². The third-order valence-electron chi connectivity index (χ3n) is 1.74. The number of amides is 1. The molecule has 0 saturated carbocycles. The van der Waals surface area contributed by atoms with Crippen LogP contribution in [0.1, 0.15) is 22.5 Å². The van der Waals surface area contributed by atoms with E-state index in [4.69, 9.17) is 5.73 Å². The van der Waals surface area contributed by atoms with Gasteiger partial charge in [0, 0.05) is 26.3 Å². The average Bonchev–Trinajstić information content (AvgIpc) is 2.57. The van der Waals surface area contributed by atoms with Gasteiger partial charge in [-0.3, -0.25) is 9.48 Å². The van der Waals surface area contributed by atoms with Crippen molar-refractivity contribution in [1.29, 1.82) is 0 Å². The quantitative estimate of drug-likeness (QED) is 0.749. The first-order valence-electron chi connectivity index (χ1n) is 4.36. The number of hydrogen-bond donors (Lipinski definition) is 2. The van der Waals surface area contributed by atoms with Crippen LogP contribution >= 0.6 is 0 Å². The summed E-state index contributed by atoms with van der Waals surface area (Å²) >= 11 is 0. The summed E-state index contributed by atoms with van der Waals surface area (Å²) in [6.45, 7) is 0.506. The Balaban J connectivity index is 2.87. The molecular formula is C8H12F2N4O. The fourth-order valence-corrected chi connectivity index (χ4v) is 1.12. The van der Waals surface area contributed by atoms with Crippen LogP contribution in [0.25, 0.3) is 0 Å². The molecule has 3 N–H and O–H groups in total. The number of nitrogens with two attached hydrogens (primary N) is 1. The summed E-state index contributed by atoms with van der Waals surface area (Å²) in [6.07, 6.45) is -1.50. The number of aromatic nitrogens is 2. The second-order valence-electron chi connectivity index (χ2n) is 2.95. The van der Waals surface area contributed by atoms with Gasteiger partial charge in [0.2, 0.25) is 0 Å². The molecule has 1 amide bonds. The van der Waals surface area contributed by atoms with E-state index in [0.717, 1.165) is 0 Å². The number of aryl methyl sites for hydroxylation is 1. The Bertz CT molecular complexity index is 350. The minimum Gasteiger partial charge on any atom is -0.351 e. The monoisotopic (exact) mass is 218 g/mol. The first-order valence-corrected chi connectivity index (χ1v) is 4.36. The third-order valence-corrected chi connectivity index (χ3v) is 1.74. The molecule has 1 aromatic heterocycles. The Labute approximate surface area is 85.2 Å². The standard InChI is InChI=1S/C8H12F2N4O/c1-14-4-5(6(13-14)7(9)10)8(15)12-3-2-11/h4,7H,2-3,11H2,1H3,(H,12,15). The number of carbonyl (C=O) groups is 1. The normalized spacial score (nSPS) is 10.7. The molecule has 0 radical (unpaired) electrons. The molecule has 0 aliphatic carbocycles. The summed E-state index contributed by atoms with van der Waals surface area (Å²) in [5.74, 6) is -0.580. The number of carbonyl (C=O) groups excluding carboxylic acids is 1. The number of nitrogens with zero attached hydrogens (tertiary/aromatic N) is 2. The highest BCUT2D eigenvalue weighted by Crippen LogP contribution is 2.20. The molecule has 15 heavy (non-hydrogen) atoms. The van der Waals surface area contributed by atoms with Crippen LogP contribution in [-0.2, 0) is 7.05 Å². The maximum atomic E-state index is 12.4. The lowest BCUT2D eigenvalue weighted by atomic mass is 10.2. The van der Waals surface area contributed by atoms with E-state index in [-0.39, 0.29) is 18.7 Å². The van der Waals surface area contributed by atoms with E-state index in [1.54, 1.807) is 0 Å². The summed E-state index contributed by atoms with van der Waals surface area (Å²) in [5, 5.41) is 5.92. The Kier molecular flexibility index (Phi) is 3.73. The van der Waals surface area contributed by atoms with Gasteiger partial charge < -0.3 is 11.1 Å². The first kappa shape index (κ1) is 11.6. The van der Waals surface area contributed by atoms with Gasteiger partial charge >= 0.3 is 0 Å². The third kappa shape index (κ3) is 2.72. The molecule has 0 aliphatic heterocycles. The highest BCUT2D eigenvalue weighted by Gasteiger charge is 2.21. The van der Waals surface area contributed by atoms with Crippen molar-refractivity contribution in [1.82, 2.24) is 15.1 Å². The van der Waals surface area contributed by atoms with Crippen molar-refractivity contribution in [2.45, 2.75) is 6.43 Å². The topological polar surface area (TPSA) is 72.9 Å². The van der Waals surface area contributed by atoms with E-state index >= 15 is 0 Å². The van der Waals surface area contributed by atoms with Crippen molar-refractivity contribution in [3.63, 3.8) is 0 Å². The van der Waals surface area contributed by atoms with Gasteiger partial charge in [0.1, 0.15) is 5.69 Å². The maximum Gasteiger partial charge on any atom is 0.282 e. The Hall–Kier alpha value is -1.50. The van der Waals surface area contributed by atoms with Crippen molar-refractivity contribution >= 4 is 5.91 Å². The van der Waals surface area contributed by atoms with Gasteiger partial charge in [-0.2, -0.15) is 5.10 Å². The summed E-state index contributed by atoms with van der Waals surface area (Å²) in [5.41, 5.74) is 4.56. The van der Waals surface area contributed by atoms with Crippen LogP contribution in [0.5, 0.6) is 0 Å². The Morgan fingerprint density at radius 2 is 2.40 bits per heavy atom. The molecule has 0 bridgehead atoms. The lowest BCUT2D eigenvalue weighted by molar-refractivity contribution is 0.0940. The number of hydrogen-bond acceptors (Lipinski definition) is 3. The van der Waals surface area contributed by atoms with Crippen LogP contribution in [0.4, 0.5) is 8.78 Å². The molecule has 0 atom stereocenters. The SMILES string of the molecule is Cn1cc(C(=O)NCCN)c(C(F)F)n1. The van der Waals surface area contributed by atoms with Gasteiger partial charge in [-0.25, -0.2) is 8.78 Å². The van der Waals surface area contributed by atoms with Crippen molar-refractivity contribution in [3.05, 3.63) is 17.5 Å². The van der Waals surface area contributed by atoms with Crippen LogP contribution in [0.15, 0.2) is 6.20 Å². The highest BCUT2D eigenvalue weighted by molar-refractivity contribution is 5.95. The van der Waals surface area contributed by atoms with Crippen molar-refractivity contribution in [3.8, 4) is 0 Å². The summed E-state index contributed by atoms with van der Waals surface area (Å²) in [4.78, 5) is 11.4. The van der Waals surface area contributed by atoms with Crippen LogP contribution < -0.4 is 11.1 Å². The molecule has 0 aliphatic rings. The molecule has 7 heteroatoms. The van der Waals surface area contributed by atoms with Crippen molar-refractivity contribution in [2.75, 3.05) is 13.1 Å². The average molecular weight is 218 g/mol. The molecule has 5 nitrogen and oxygen atoms in total. The van der Waals surface area contributed by atoms with Crippen LogP contribution in [0.2, 0.25) is 0 Å². The summed E-state index contributed by atoms with van der Waals surface area (Å²) in [7, 11) is 1.48. The summed E-state index contributed by atoms with van der Waals surface area (Å²) < 4.78 is 26.1.